The third kappa shape index (κ3) is 3.99. The molecule has 0 saturated heterocycles. The molecule has 0 saturated carbocycles. The average molecular weight is 334 g/mol. The summed E-state index contributed by atoms with van der Waals surface area (Å²) in [6.07, 6.45) is 0. The second-order valence-corrected chi connectivity index (χ2v) is 5.44. The van der Waals surface area contributed by atoms with Crippen LogP contribution in [-0.4, -0.2) is 6.03 Å². The van der Waals surface area contributed by atoms with Crippen LogP contribution in [0.25, 0.3) is 0 Å². The maximum atomic E-state index is 11.8. The summed E-state index contributed by atoms with van der Waals surface area (Å²) in [5.41, 5.74) is 9.05. The number of halogens is 1. The van der Waals surface area contributed by atoms with E-state index in [0.717, 1.165) is 15.6 Å². The highest BCUT2D eigenvalue weighted by atomic mass is 79.9. The monoisotopic (exact) mass is 333 g/mol. The molecule has 4 nitrogen and oxygen atoms in total. The molecule has 20 heavy (non-hydrogen) atoms. The number of hydrogen-bond donors (Lipinski definition) is 3. The van der Waals surface area contributed by atoms with Crippen LogP contribution in [0.1, 0.15) is 11.1 Å². The molecule has 0 aliphatic heterocycles. The molecule has 104 valence electrons. The number of benzene rings is 2. The number of urea groups is 1. The van der Waals surface area contributed by atoms with Crippen LogP contribution in [0.3, 0.4) is 0 Å². The van der Waals surface area contributed by atoms with Crippen LogP contribution in [-0.2, 0) is 6.54 Å². The summed E-state index contributed by atoms with van der Waals surface area (Å²) in [6, 6.07) is 13.0. The summed E-state index contributed by atoms with van der Waals surface area (Å²) in [7, 11) is 0. The van der Waals surface area contributed by atoms with Crippen LogP contribution in [0.5, 0.6) is 0 Å². The van der Waals surface area contributed by atoms with Gasteiger partial charge in [0, 0.05) is 11.0 Å². The van der Waals surface area contributed by atoms with Crippen molar-refractivity contribution >= 4 is 33.3 Å². The Labute approximate surface area is 126 Å². The third-order valence-corrected chi connectivity index (χ3v) is 3.29. The Balaban J connectivity index is 1.94. The quantitative estimate of drug-likeness (QED) is 0.750. The Kier molecular flexibility index (Phi) is 4.63. The third-order valence-electron chi connectivity index (χ3n) is 2.80. The summed E-state index contributed by atoms with van der Waals surface area (Å²) in [5, 5.41) is 5.54. The number of amides is 2. The summed E-state index contributed by atoms with van der Waals surface area (Å²) in [6.45, 7) is 2.40. The lowest BCUT2D eigenvalue weighted by molar-refractivity contribution is 0.252. The largest absolute Gasteiger partial charge is 0.397 e. The molecule has 0 spiro atoms. The van der Waals surface area contributed by atoms with Gasteiger partial charge in [0.25, 0.3) is 0 Å². The van der Waals surface area contributed by atoms with Crippen LogP contribution < -0.4 is 16.4 Å². The first-order valence-corrected chi connectivity index (χ1v) is 6.99. The van der Waals surface area contributed by atoms with Gasteiger partial charge in [-0.15, -0.1) is 0 Å². The molecule has 2 rings (SSSR count). The molecule has 0 heterocycles. The summed E-state index contributed by atoms with van der Waals surface area (Å²) < 4.78 is 0.986. The van der Waals surface area contributed by atoms with Crippen molar-refractivity contribution in [3.63, 3.8) is 0 Å². The predicted molar refractivity (Wildman–Crippen MR) is 85.6 cm³/mol. The minimum absolute atomic E-state index is 0.276. The van der Waals surface area contributed by atoms with Crippen LogP contribution in [0.4, 0.5) is 16.2 Å². The first-order chi connectivity index (χ1) is 9.54. The highest BCUT2D eigenvalue weighted by molar-refractivity contribution is 9.10. The van der Waals surface area contributed by atoms with Gasteiger partial charge in [-0.2, -0.15) is 0 Å². The molecule has 0 radical (unpaired) electrons. The Bertz CT molecular complexity index is 628. The van der Waals surface area contributed by atoms with Crippen molar-refractivity contribution in [1.82, 2.24) is 5.32 Å². The molecule has 0 bridgehead atoms. The smallest absolute Gasteiger partial charge is 0.319 e. The molecular formula is C15H16BrN3O. The van der Waals surface area contributed by atoms with E-state index in [1.807, 2.05) is 43.3 Å². The van der Waals surface area contributed by atoms with Crippen LogP contribution in [0, 0.1) is 6.92 Å². The zero-order chi connectivity index (χ0) is 14.5. The molecule has 4 N–H and O–H groups in total. The first-order valence-electron chi connectivity index (χ1n) is 6.20. The van der Waals surface area contributed by atoms with Gasteiger partial charge in [-0.05, 0) is 42.3 Å². The van der Waals surface area contributed by atoms with E-state index in [4.69, 9.17) is 5.73 Å². The molecule has 0 atom stereocenters. The normalized spacial score (nSPS) is 10.1. The molecule has 0 unspecified atom stereocenters. The SMILES string of the molecule is Cc1ccc(N)c(NC(=O)NCc2cccc(Br)c2)c1. The van der Waals surface area contributed by atoms with E-state index < -0.39 is 0 Å². The van der Waals surface area contributed by atoms with Crippen LogP contribution in [0.15, 0.2) is 46.9 Å². The van der Waals surface area contributed by atoms with Crippen molar-refractivity contribution in [3.05, 3.63) is 58.1 Å². The second-order valence-electron chi connectivity index (χ2n) is 4.53. The number of carbonyl (C=O) groups is 1. The molecule has 5 heteroatoms. The number of nitrogens with two attached hydrogens (primary N) is 1. The minimum atomic E-state index is -0.276. The number of hydrogen-bond acceptors (Lipinski definition) is 2. The molecule has 0 aromatic heterocycles. The van der Waals surface area contributed by atoms with E-state index >= 15 is 0 Å². The first kappa shape index (κ1) is 14.4. The molecule has 2 aromatic carbocycles. The van der Waals surface area contributed by atoms with E-state index in [1.165, 1.54) is 0 Å². The second kappa shape index (κ2) is 6.43. The number of rotatable bonds is 3. The minimum Gasteiger partial charge on any atom is -0.397 e. The topological polar surface area (TPSA) is 67.1 Å². The van der Waals surface area contributed by atoms with E-state index in [-0.39, 0.29) is 6.03 Å². The highest BCUT2D eigenvalue weighted by Gasteiger charge is 2.05. The number of nitrogen functional groups attached to an aromatic ring is 1. The Morgan fingerprint density at radius 2 is 2.05 bits per heavy atom. The van der Waals surface area contributed by atoms with Gasteiger partial charge in [0.15, 0.2) is 0 Å². The number of anilines is 2. The van der Waals surface area contributed by atoms with Crippen molar-refractivity contribution in [1.29, 1.82) is 0 Å². The Morgan fingerprint density at radius 3 is 2.80 bits per heavy atom. The fourth-order valence-corrected chi connectivity index (χ4v) is 2.22. The number of nitrogens with one attached hydrogen (secondary N) is 2. The van der Waals surface area contributed by atoms with Gasteiger partial charge in [0.2, 0.25) is 0 Å². The standard InChI is InChI=1S/C15H16BrN3O/c1-10-5-6-13(17)14(7-10)19-15(20)18-9-11-3-2-4-12(16)8-11/h2-8H,9,17H2,1H3,(H2,18,19,20). The van der Waals surface area contributed by atoms with Crippen molar-refractivity contribution in [2.45, 2.75) is 13.5 Å². The predicted octanol–water partition coefficient (Wildman–Crippen LogP) is 3.66. The fourth-order valence-electron chi connectivity index (χ4n) is 1.77. The van der Waals surface area contributed by atoms with E-state index in [2.05, 4.69) is 26.6 Å². The zero-order valence-corrected chi connectivity index (χ0v) is 12.7. The Hall–Kier alpha value is -2.01. The lowest BCUT2D eigenvalue weighted by Crippen LogP contribution is -2.28. The van der Waals surface area contributed by atoms with Crippen molar-refractivity contribution < 1.29 is 4.79 Å². The maximum Gasteiger partial charge on any atom is 0.319 e. The molecule has 0 aliphatic carbocycles. The van der Waals surface area contributed by atoms with Gasteiger partial charge in [0.1, 0.15) is 0 Å². The van der Waals surface area contributed by atoms with Gasteiger partial charge >= 0.3 is 6.03 Å². The Morgan fingerprint density at radius 1 is 1.25 bits per heavy atom. The zero-order valence-electron chi connectivity index (χ0n) is 11.1. The van der Waals surface area contributed by atoms with Crippen molar-refractivity contribution in [2.24, 2.45) is 0 Å². The summed E-state index contributed by atoms with van der Waals surface area (Å²) in [4.78, 5) is 11.8. The van der Waals surface area contributed by atoms with E-state index in [0.29, 0.717) is 17.9 Å². The van der Waals surface area contributed by atoms with Gasteiger partial charge in [0.05, 0.1) is 11.4 Å². The lowest BCUT2D eigenvalue weighted by Gasteiger charge is -2.10. The number of carbonyl (C=O) groups excluding carboxylic acids is 1. The van der Waals surface area contributed by atoms with E-state index in [1.54, 1.807) is 6.07 Å². The fraction of sp³-hybridized carbons (Fsp3) is 0.133. The van der Waals surface area contributed by atoms with Gasteiger partial charge in [-0.1, -0.05) is 34.1 Å². The van der Waals surface area contributed by atoms with Crippen LogP contribution in [0.2, 0.25) is 0 Å². The van der Waals surface area contributed by atoms with Crippen LogP contribution >= 0.6 is 15.9 Å². The maximum absolute atomic E-state index is 11.8. The van der Waals surface area contributed by atoms with Crippen molar-refractivity contribution in [3.8, 4) is 0 Å². The lowest BCUT2D eigenvalue weighted by atomic mass is 10.2. The van der Waals surface area contributed by atoms with E-state index in [9.17, 15) is 4.79 Å². The molecule has 2 amide bonds. The average Bonchev–Trinajstić information content (AvgIpc) is 2.41. The molecule has 2 aromatic rings. The summed E-state index contributed by atoms with van der Waals surface area (Å²) in [5.74, 6) is 0. The van der Waals surface area contributed by atoms with Gasteiger partial charge < -0.3 is 16.4 Å². The molecule has 0 fully saturated rings. The highest BCUT2D eigenvalue weighted by Crippen LogP contribution is 2.19. The number of aryl methyl sites for hydroxylation is 1. The van der Waals surface area contributed by atoms with Gasteiger partial charge in [-0.25, -0.2) is 4.79 Å². The van der Waals surface area contributed by atoms with Gasteiger partial charge in [-0.3, -0.25) is 0 Å². The van der Waals surface area contributed by atoms with Crippen molar-refractivity contribution in [2.75, 3.05) is 11.1 Å². The molecular weight excluding hydrogens is 318 g/mol. The molecule has 0 aliphatic rings. The summed E-state index contributed by atoms with van der Waals surface area (Å²) >= 11 is 3.40.